The van der Waals surface area contributed by atoms with E-state index < -0.39 is 35.9 Å². The normalized spacial score (nSPS) is 12.2. The fourth-order valence-electron chi connectivity index (χ4n) is 3.41. The Bertz CT molecular complexity index is 717. The number of esters is 3. The lowest BCUT2D eigenvalue weighted by Crippen LogP contribution is -2.45. The molecule has 0 saturated carbocycles. The molecule has 4 N–H and O–H groups in total. The van der Waals surface area contributed by atoms with Gasteiger partial charge in [-0.05, 0) is 51.5 Å². The molecule has 0 aromatic carbocycles. The van der Waals surface area contributed by atoms with E-state index in [4.69, 9.17) is 19.9 Å². The molecule has 11 nitrogen and oxygen atoms in total. The van der Waals surface area contributed by atoms with E-state index >= 15 is 0 Å². The fraction of sp³-hybridized carbons (Fsp3) is 0.821. The van der Waals surface area contributed by atoms with Crippen LogP contribution in [0.2, 0.25) is 0 Å². The van der Waals surface area contributed by atoms with Crippen LogP contribution >= 0.6 is 0 Å². The Labute approximate surface area is 233 Å². The zero-order valence-electron chi connectivity index (χ0n) is 24.2. The van der Waals surface area contributed by atoms with Gasteiger partial charge in [0.2, 0.25) is 11.8 Å². The third kappa shape index (κ3) is 20.0. The predicted octanol–water partition coefficient (Wildman–Crippen LogP) is 3.07. The van der Waals surface area contributed by atoms with E-state index in [2.05, 4.69) is 10.6 Å². The molecule has 0 spiro atoms. The Kier molecular flexibility index (Phi) is 22.7. The molecule has 0 aliphatic rings. The molecule has 0 rings (SSSR count). The predicted molar refractivity (Wildman–Crippen MR) is 147 cm³/mol. The van der Waals surface area contributed by atoms with Crippen molar-refractivity contribution >= 4 is 29.7 Å². The lowest BCUT2D eigenvalue weighted by Gasteiger charge is -2.20. The number of carbonyl (C=O) groups excluding carboxylic acids is 5. The van der Waals surface area contributed by atoms with E-state index in [-0.39, 0.29) is 51.2 Å². The van der Waals surface area contributed by atoms with E-state index in [0.29, 0.717) is 32.4 Å². The van der Waals surface area contributed by atoms with Gasteiger partial charge in [0.1, 0.15) is 12.1 Å². The number of ether oxygens (including phenoxy) is 3. The van der Waals surface area contributed by atoms with Crippen LogP contribution in [0.15, 0.2) is 0 Å². The van der Waals surface area contributed by atoms with Gasteiger partial charge in [0.15, 0.2) is 0 Å². The molecule has 0 heterocycles. The molecule has 0 bridgehead atoms. The first kappa shape index (κ1) is 36.3. The topological polar surface area (TPSA) is 163 Å². The van der Waals surface area contributed by atoms with E-state index in [1.165, 1.54) is 0 Å². The van der Waals surface area contributed by atoms with Crippen molar-refractivity contribution in [3.8, 4) is 0 Å². The SMILES string of the molecule is CCCCOC(=O)CCC(NC(=O)CCC(NC(=O)CCCCCN)C(=O)OCCCC)C(=O)OCCCC. The molecule has 0 saturated heterocycles. The number of unbranched alkanes of at least 4 members (excludes halogenated alkanes) is 5. The van der Waals surface area contributed by atoms with Crippen LogP contribution in [0.4, 0.5) is 0 Å². The summed E-state index contributed by atoms with van der Waals surface area (Å²) in [5, 5.41) is 5.29. The molecule has 226 valence electrons. The molecule has 2 unspecified atom stereocenters. The van der Waals surface area contributed by atoms with Gasteiger partial charge in [-0.25, -0.2) is 9.59 Å². The summed E-state index contributed by atoms with van der Waals surface area (Å²) in [6, 6.07) is -2.02. The summed E-state index contributed by atoms with van der Waals surface area (Å²) < 4.78 is 15.7. The minimum atomic E-state index is -1.03. The van der Waals surface area contributed by atoms with Gasteiger partial charge in [0.25, 0.3) is 0 Å². The molecule has 0 aromatic heterocycles. The monoisotopic (exact) mass is 557 g/mol. The van der Waals surface area contributed by atoms with E-state index in [9.17, 15) is 24.0 Å². The molecule has 0 aliphatic carbocycles. The lowest BCUT2D eigenvalue weighted by atomic mass is 10.1. The summed E-state index contributed by atoms with van der Waals surface area (Å²) >= 11 is 0. The smallest absolute Gasteiger partial charge is 0.328 e. The molecular formula is C28H51N3O8. The summed E-state index contributed by atoms with van der Waals surface area (Å²) in [6.45, 7) is 7.21. The summed E-state index contributed by atoms with van der Waals surface area (Å²) in [7, 11) is 0. The summed E-state index contributed by atoms with van der Waals surface area (Å²) in [5.41, 5.74) is 5.48. The highest BCUT2D eigenvalue weighted by Crippen LogP contribution is 2.08. The van der Waals surface area contributed by atoms with Crippen molar-refractivity contribution in [3.05, 3.63) is 0 Å². The van der Waals surface area contributed by atoms with Gasteiger partial charge in [0.05, 0.1) is 19.8 Å². The standard InChI is InChI=1S/C28H51N3O8/c1-4-7-19-37-26(34)17-15-23(28(36)39-21-9-6-3)31-25(33)16-14-22(27(35)38-20-8-5-2)30-24(32)13-11-10-12-18-29/h22-23H,4-21,29H2,1-3H3,(H,30,32)(H,31,33). The van der Waals surface area contributed by atoms with Crippen LogP contribution in [0.5, 0.6) is 0 Å². The van der Waals surface area contributed by atoms with Crippen LogP contribution in [-0.4, -0.2) is 68.2 Å². The molecule has 11 heteroatoms. The summed E-state index contributed by atoms with van der Waals surface area (Å²) in [6.07, 6.45) is 7.03. The highest BCUT2D eigenvalue weighted by Gasteiger charge is 2.26. The first-order valence-corrected chi connectivity index (χ1v) is 14.6. The van der Waals surface area contributed by atoms with Crippen LogP contribution in [0.1, 0.15) is 111 Å². The fourth-order valence-corrected chi connectivity index (χ4v) is 3.41. The molecule has 2 atom stereocenters. The van der Waals surface area contributed by atoms with E-state index in [1.54, 1.807) is 0 Å². The molecule has 0 aliphatic heterocycles. The van der Waals surface area contributed by atoms with Crippen molar-refractivity contribution in [3.63, 3.8) is 0 Å². The zero-order valence-corrected chi connectivity index (χ0v) is 24.2. The number of hydrogen-bond acceptors (Lipinski definition) is 9. The van der Waals surface area contributed by atoms with Gasteiger partial charge >= 0.3 is 17.9 Å². The average molecular weight is 558 g/mol. The van der Waals surface area contributed by atoms with Crippen molar-refractivity contribution in [1.29, 1.82) is 0 Å². The van der Waals surface area contributed by atoms with Gasteiger partial charge in [-0.2, -0.15) is 0 Å². The van der Waals surface area contributed by atoms with Gasteiger partial charge in [0, 0.05) is 19.3 Å². The van der Waals surface area contributed by atoms with E-state index in [1.807, 2.05) is 20.8 Å². The second-order valence-electron chi connectivity index (χ2n) is 9.53. The first-order valence-electron chi connectivity index (χ1n) is 14.6. The maximum absolute atomic E-state index is 12.7. The number of nitrogens with two attached hydrogens (primary N) is 1. The van der Waals surface area contributed by atoms with Gasteiger partial charge < -0.3 is 30.6 Å². The number of hydrogen-bond donors (Lipinski definition) is 3. The summed E-state index contributed by atoms with van der Waals surface area (Å²) in [5.74, 6) is -2.48. The average Bonchev–Trinajstić information content (AvgIpc) is 2.91. The minimum absolute atomic E-state index is 0.00198. The first-order chi connectivity index (χ1) is 18.8. The van der Waals surface area contributed by atoms with Crippen molar-refractivity contribution in [1.82, 2.24) is 10.6 Å². The van der Waals surface area contributed by atoms with Crippen molar-refractivity contribution < 1.29 is 38.2 Å². The highest BCUT2D eigenvalue weighted by molar-refractivity contribution is 5.87. The van der Waals surface area contributed by atoms with E-state index in [0.717, 1.165) is 38.5 Å². The van der Waals surface area contributed by atoms with Crippen LogP contribution in [0.25, 0.3) is 0 Å². The number of carbonyl (C=O) groups is 5. The van der Waals surface area contributed by atoms with Crippen LogP contribution in [0, 0.1) is 0 Å². The molecule has 2 amide bonds. The Morgan fingerprint density at radius 1 is 0.590 bits per heavy atom. The Morgan fingerprint density at radius 2 is 1.05 bits per heavy atom. The summed E-state index contributed by atoms with van der Waals surface area (Å²) in [4.78, 5) is 62.3. The number of amides is 2. The third-order valence-electron chi connectivity index (χ3n) is 5.89. The minimum Gasteiger partial charge on any atom is -0.466 e. The second-order valence-corrected chi connectivity index (χ2v) is 9.53. The Balaban J connectivity index is 5.09. The van der Waals surface area contributed by atoms with Crippen LogP contribution < -0.4 is 16.4 Å². The maximum atomic E-state index is 12.7. The molecular weight excluding hydrogens is 506 g/mol. The van der Waals surface area contributed by atoms with Crippen molar-refractivity contribution in [2.75, 3.05) is 26.4 Å². The third-order valence-corrected chi connectivity index (χ3v) is 5.89. The number of nitrogens with one attached hydrogen (secondary N) is 2. The molecule has 39 heavy (non-hydrogen) atoms. The largest absolute Gasteiger partial charge is 0.466 e. The van der Waals surface area contributed by atoms with Crippen LogP contribution in [-0.2, 0) is 38.2 Å². The Morgan fingerprint density at radius 3 is 1.54 bits per heavy atom. The highest BCUT2D eigenvalue weighted by atomic mass is 16.5. The Hall–Kier alpha value is -2.69. The molecule has 0 radical (unpaired) electrons. The second kappa shape index (κ2) is 24.4. The number of rotatable bonds is 24. The molecule has 0 aromatic rings. The maximum Gasteiger partial charge on any atom is 0.328 e. The lowest BCUT2D eigenvalue weighted by molar-refractivity contribution is -0.150. The van der Waals surface area contributed by atoms with Gasteiger partial charge in [-0.3, -0.25) is 14.4 Å². The van der Waals surface area contributed by atoms with Gasteiger partial charge in [-0.15, -0.1) is 0 Å². The van der Waals surface area contributed by atoms with Gasteiger partial charge in [-0.1, -0.05) is 46.5 Å². The molecule has 0 fully saturated rings. The van der Waals surface area contributed by atoms with Crippen LogP contribution in [0.3, 0.4) is 0 Å². The van der Waals surface area contributed by atoms with Crippen molar-refractivity contribution in [2.24, 2.45) is 5.73 Å². The zero-order chi connectivity index (χ0) is 29.3. The van der Waals surface area contributed by atoms with Crippen molar-refractivity contribution in [2.45, 2.75) is 123 Å². The quantitative estimate of drug-likeness (QED) is 0.0919.